The monoisotopic (exact) mass is 319 g/mol. The molecule has 5 nitrogen and oxygen atoms in total. The minimum atomic E-state index is -0.588. The van der Waals surface area contributed by atoms with Crippen molar-refractivity contribution in [3.63, 3.8) is 0 Å². The molecule has 3 aromatic rings. The topological polar surface area (TPSA) is 67.2 Å². The average Bonchev–Trinajstić information content (AvgIpc) is 3.24. The molecule has 0 saturated heterocycles. The predicted octanol–water partition coefficient (Wildman–Crippen LogP) is 2.26. The summed E-state index contributed by atoms with van der Waals surface area (Å²) in [6.45, 7) is 0. The second-order valence-electron chi connectivity index (χ2n) is 5.92. The van der Waals surface area contributed by atoms with Gasteiger partial charge in [0.25, 0.3) is 5.91 Å². The van der Waals surface area contributed by atoms with E-state index in [9.17, 15) is 9.90 Å². The number of aromatic nitrogens is 2. The van der Waals surface area contributed by atoms with E-state index in [1.54, 1.807) is 23.0 Å². The van der Waals surface area contributed by atoms with Gasteiger partial charge in [-0.3, -0.25) is 4.79 Å². The summed E-state index contributed by atoms with van der Waals surface area (Å²) in [5, 5.41) is 17.4. The van der Waals surface area contributed by atoms with Crippen molar-refractivity contribution in [1.29, 1.82) is 0 Å². The number of carbonyl (C=O) groups excluding carboxylic acids is 1. The van der Waals surface area contributed by atoms with Gasteiger partial charge in [-0.25, -0.2) is 4.68 Å². The average molecular weight is 319 g/mol. The van der Waals surface area contributed by atoms with Crippen LogP contribution < -0.4 is 5.32 Å². The minimum absolute atomic E-state index is 0.192. The van der Waals surface area contributed by atoms with Gasteiger partial charge in [0.1, 0.15) is 0 Å². The SMILES string of the molecule is O=C(NC1c2ccccc2CC1O)c1ccc(-n2cccn2)cc1. The van der Waals surface area contributed by atoms with Crippen LogP contribution in [0.15, 0.2) is 67.0 Å². The molecule has 4 rings (SSSR count). The Morgan fingerprint density at radius 2 is 1.92 bits per heavy atom. The largest absolute Gasteiger partial charge is 0.390 e. The van der Waals surface area contributed by atoms with Crippen molar-refractivity contribution in [2.45, 2.75) is 18.6 Å². The Bertz CT molecular complexity index is 857. The number of nitrogens with one attached hydrogen (secondary N) is 1. The number of aliphatic hydroxyl groups excluding tert-OH is 1. The van der Waals surface area contributed by atoms with Crippen LogP contribution in [0.25, 0.3) is 5.69 Å². The summed E-state index contributed by atoms with van der Waals surface area (Å²) in [6.07, 6.45) is 3.54. The Balaban J connectivity index is 1.52. The molecule has 24 heavy (non-hydrogen) atoms. The highest BCUT2D eigenvalue weighted by Gasteiger charge is 2.31. The van der Waals surface area contributed by atoms with E-state index in [-0.39, 0.29) is 11.9 Å². The van der Waals surface area contributed by atoms with Gasteiger partial charge in [0.2, 0.25) is 0 Å². The third-order valence-corrected chi connectivity index (χ3v) is 4.39. The first kappa shape index (κ1) is 14.7. The molecule has 2 unspecified atom stereocenters. The summed E-state index contributed by atoms with van der Waals surface area (Å²) < 4.78 is 1.73. The number of nitrogens with zero attached hydrogens (tertiary/aromatic N) is 2. The van der Waals surface area contributed by atoms with E-state index in [0.29, 0.717) is 12.0 Å². The number of benzene rings is 2. The second-order valence-corrected chi connectivity index (χ2v) is 5.92. The normalized spacial score (nSPS) is 19.0. The third kappa shape index (κ3) is 2.59. The highest BCUT2D eigenvalue weighted by molar-refractivity contribution is 5.94. The molecule has 1 aliphatic carbocycles. The van der Waals surface area contributed by atoms with Crippen LogP contribution in [-0.4, -0.2) is 26.9 Å². The van der Waals surface area contributed by atoms with Crippen molar-refractivity contribution in [2.75, 3.05) is 0 Å². The van der Waals surface area contributed by atoms with Crippen LogP contribution in [0, 0.1) is 0 Å². The molecule has 1 amide bonds. The van der Waals surface area contributed by atoms with Gasteiger partial charge in [0.05, 0.1) is 17.8 Å². The number of hydrogen-bond acceptors (Lipinski definition) is 3. The maximum atomic E-state index is 12.5. The highest BCUT2D eigenvalue weighted by Crippen LogP contribution is 2.31. The molecule has 0 saturated carbocycles. The molecule has 1 aromatic heterocycles. The van der Waals surface area contributed by atoms with Gasteiger partial charge >= 0.3 is 0 Å². The van der Waals surface area contributed by atoms with Crippen molar-refractivity contribution in [3.8, 4) is 5.69 Å². The molecule has 2 aromatic carbocycles. The molecule has 0 radical (unpaired) electrons. The molecule has 0 bridgehead atoms. The maximum Gasteiger partial charge on any atom is 0.251 e. The van der Waals surface area contributed by atoms with Gasteiger partial charge < -0.3 is 10.4 Å². The van der Waals surface area contributed by atoms with Crippen molar-refractivity contribution in [2.24, 2.45) is 0 Å². The number of carbonyl (C=O) groups is 1. The van der Waals surface area contributed by atoms with Crippen molar-refractivity contribution in [1.82, 2.24) is 15.1 Å². The third-order valence-electron chi connectivity index (χ3n) is 4.39. The molecule has 5 heteroatoms. The first-order valence-corrected chi connectivity index (χ1v) is 7.89. The molecular formula is C19H17N3O2. The van der Waals surface area contributed by atoms with E-state index in [1.807, 2.05) is 48.7 Å². The molecule has 0 aliphatic heterocycles. The van der Waals surface area contributed by atoms with E-state index in [1.165, 1.54) is 0 Å². The van der Waals surface area contributed by atoms with Crippen LogP contribution in [0.5, 0.6) is 0 Å². The quantitative estimate of drug-likeness (QED) is 0.778. The number of amides is 1. The van der Waals surface area contributed by atoms with E-state index in [0.717, 1.165) is 16.8 Å². The standard InChI is InChI=1S/C19H17N3O2/c23-17-12-14-4-1-2-5-16(14)18(17)21-19(24)13-6-8-15(9-7-13)22-11-3-10-20-22/h1-11,17-18,23H,12H2,(H,21,24). The Hall–Kier alpha value is -2.92. The Kier molecular flexibility index (Phi) is 3.63. The van der Waals surface area contributed by atoms with E-state index in [2.05, 4.69) is 10.4 Å². The first-order valence-electron chi connectivity index (χ1n) is 7.89. The highest BCUT2D eigenvalue weighted by atomic mass is 16.3. The zero-order valence-corrected chi connectivity index (χ0v) is 13.0. The number of aliphatic hydroxyl groups is 1. The van der Waals surface area contributed by atoms with Gasteiger partial charge in [0.15, 0.2) is 0 Å². The molecular weight excluding hydrogens is 302 g/mol. The molecule has 2 atom stereocenters. The zero-order valence-electron chi connectivity index (χ0n) is 13.0. The summed E-state index contributed by atoms with van der Waals surface area (Å²) in [5.41, 5.74) is 3.53. The fourth-order valence-corrected chi connectivity index (χ4v) is 3.16. The number of rotatable bonds is 3. The van der Waals surface area contributed by atoms with Gasteiger partial charge in [0, 0.05) is 24.4 Å². The lowest BCUT2D eigenvalue weighted by atomic mass is 10.1. The lowest BCUT2D eigenvalue weighted by molar-refractivity contribution is 0.0858. The van der Waals surface area contributed by atoms with Gasteiger partial charge in [-0.2, -0.15) is 5.10 Å². The lowest BCUT2D eigenvalue weighted by Gasteiger charge is -2.18. The van der Waals surface area contributed by atoms with Crippen LogP contribution in [0.1, 0.15) is 27.5 Å². The molecule has 2 N–H and O–H groups in total. The summed E-state index contributed by atoms with van der Waals surface area (Å²) in [6, 6.07) is 16.5. The summed E-state index contributed by atoms with van der Waals surface area (Å²) in [5.74, 6) is -0.192. The van der Waals surface area contributed by atoms with Crippen LogP contribution in [0.3, 0.4) is 0 Å². The Morgan fingerprint density at radius 3 is 2.67 bits per heavy atom. The van der Waals surface area contributed by atoms with E-state index < -0.39 is 6.10 Å². The Labute approximate surface area is 139 Å². The number of hydrogen-bond donors (Lipinski definition) is 2. The fraction of sp³-hybridized carbons (Fsp3) is 0.158. The zero-order chi connectivity index (χ0) is 16.5. The van der Waals surface area contributed by atoms with Crippen LogP contribution in [-0.2, 0) is 6.42 Å². The van der Waals surface area contributed by atoms with Crippen molar-refractivity contribution in [3.05, 3.63) is 83.7 Å². The summed E-state index contributed by atoms with van der Waals surface area (Å²) in [7, 11) is 0. The van der Waals surface area contributed by atoms with E-state index in [4.69, 9.17) is 0 Å². The fourth-order valence-electron chi connectivity index (χ4n) is 3.16. The number of fused-ring (bicyclic) bond motifs is 1. The predicted molar refractivity (Wildman–Crippen MR) is 89.9 cm³/mol. The maximum absolute atomic E-state index is 12.5. The lowest BCUT2D eigenvalue weighted by Crippen LogP contribution is -2.33. The first-order chi connectivity index (χ1) is 11.7. The van der Waals surface area contributed by atoms with Gasteiger partial charge in [-0.1, -0.05) is 24.3 Å². The summed E-state index contributed by atoms with van der Waals surface area (Å²) >= 11 is 0. The van der Waals surface area contributed by atoms with Crippen LogP contribution >= 0.6 is 0 Å². The molecule has 0 spiro atoms. The minimum Gasteiger partial charge on any atom is -0.390 e. The second kappa shape index (κ2) is 5.94. The van der Waals surface area contributed by atoms with Gasteiger partial charge in [-0.05, 0) is 41.5 Å². The van der Waals surface area contributed by atoms with E-state index >= 15 is 0 Å². The van der Waals surface area contributed by atoms with Gasteiger partial charge in [-0.15, -0.1) is 0 Å². The molecule has 120 valence electrons. The molecule has 1 aliphatic rings. The smallest absolute Gasteiger partial charge is 0.251 e. The van der Waals surface area contributed by atoms with Crippen LogP contribution in [0.2, 0.25) is 0 Å². The summed E-state index contributed by atoms with van der Waals surface area (Å²) in [4.78, 5) is 12.5. The van der Waals surface area contributed by atoms with Crippen molar-refractivity contribution >= 4 is 5.91 Å². The Morgan fingerprint density at radius 1 is 1.12 bits per heavy atom. The van der Waals surface area contributed by atoms with Crippen LogP contribution in [0.4, 0.5) is 0 Å². The molecule has 0 fully saturated rings. The molecule has 1 heterocycles. The van der Waals surface area contributed by atoms with Crippen molar-refractivity contribution < 1.29 is 9.90 Å².